The number of rotatable bonds is 3. The second-order valence-corrected chi connectivity index (χ2v) is 9.21. The number of hydrogen-bond acceptors (Lipinski definition) is 11. The van der Waals surface area contributed by atoms with Crippen LogP contribution >= 0.6 is 0 Å². The van der Waals surface area contributed by atoms with Crippen molar-refractivity contribution in [1.82, 2.24) is 4.90 Å². The van der Waals surface area contributed by atoms with Gasteiger partial charge in [0.2, 0.25) is 11.5 Å². The number of likely N-dealkylation sites (N-methyl/N-ethyl adjacent to an activating group) is 1. The maximum absolute atomic E-state index is 13.5. The second-order valence-electron chi connectivity index (χ2n) is 9.21. The van der Waals surface area contributed by atoms with Crippen LogP contribution in [0.15, 0.2) is 34.8 Å². The standard InChI is InChI=1S/C22H23N3O10/c1-6-7-4-5-8(25(34)35)15(26)10(7)16(27)11-9(6)17(28)13-14(24(2)3)18(29)12(21(23)32)20(31)22(13,33)19(11)30/h4-6,9,13-14,17,26,28-30,33H,1-3H3,(H2,23,32)/t6?,9?,13?,14-,17?,22-/m0/s1. The lowest BCUT2D eigenvalue weighted by Crippen LogP contribution is -2.68. The smallest absolute Gasteiger partial charge is 0.311 e. The molecule has 0 fully saturated rings. The number of fused-ring (bicyclic) bond motifs is 3. The predicted octanol–water partition coefficient (Wildman–Crippen LogP) is -0.439. The number of phenolic OH excluding ortho intramolecular Hbond substituents is 1. The number of aliphatic hydroxyl groups excluding tert-OH is 3. The molecule has 1 amide bonds. The highest BCUT2D eigenvalue weighted by molar-refractivity contribution is 6.25. The third-order valence-electron chi connectivity index (χ3n) is 7.31. The average molecular weight is 489 g/mol. The number of carbonyl (C=O) groups excluding carboxylic acids is 3. The first kappa shape index (κ1) is 24.3. The van der Waals surface area contributed by atoms with Gasteiger partial charge in [-0.05, 0) is 25.6 Å². The van der Waals surface area contributed by atoms with Gasteiger partial charge in [-0.3, -0.25) is 29.4 Å². The zero-order chi connectivity index (χ0) is 26.3. The summed E-state index contributed by atoms with van der Waals surface area (Å²) in [7, 11) is 2.86. The van der Waals surface area contributed by atoms with Gasteiger partial charge in [0.1, 0.15) is 17.1 Å². The van der Waals surface area contributed by atoms with Crippen LogP contribution in [0.2, 0.25) is 0 Å². The fourth-order valence-electron chi connectivity index (χ4n) is 5.76. The minimum Gasteiger partial charge on any atom is -0.510 e. The van der Waals surface area contributed by atoms with Crippen molar-refractivity contribution in [1.29, 1.82) is 0 Å². The zero-order valence-electron chi connectivity index (χ0n) is 18.8. The molecule has 0 aliphatic heterocycles. The first-order valence-electron chi connectivity index (χ1n) is 10.5. The molecule has 186 valence electrons. The van der Waals surface area contributed by atoms with Gasteiger partial charge in [-0.1, -0.05) is 13.0 Å². The van der Waals surface area contributed by atoms with Crippen molar-refractivity contribution in [2.45, 2.75) is 30.6 Å². The molecule has 0 aromatic heterocycles. The Bertz CT molecular complexity index is 1280. The first-order chi connectivity index (χ1) is 16.2. The summed E-state index contributed by atoms with van der Waals surface area (Å²) in [5.41, 5.74) is -0.580. The van der Waals surface area contributed by atoms with Crippen LogP contribution < -0.4 is 5.73 Å². The SMILES string of the molecule is CC1c2ccc([N+](=O)[O-])c(O)c2C(=O)C2=C(O)[C@]3(O)C(=O)C(C(N)=O)=C(O)[C@@H](N(C)C)C3C(O)C21. The summed E-state index contributed by atoms with van der Waals surface area (Å²) in [6, 6.07) is 0.876. The van der Waals surface area contributed by atoms with Gasteiger partial charge in [-0.15, -0.1) is 0 Å². The van der Waals surface area contributed by atoms with Crippen LogP contribution in [0.4, 0.5) is 5.69 Å². The van der Waals surface area contributed by atoms with Gasteiger partial charge in [0.15, 0.2) is 11.4 Å². The van der Waals surface area contributed by atoms with Crippen molar-refractivity contribution in [3.05, 3.63) is 56.0 Å². The maximum Gasteiger partial charge on any atom is 0.311 e. The average Bonchev–Trinajstić information content (AvgIpc) is 2.75. The molecule has 0 heterocycles. The predicted molar refractivity (Wildman–Crippen MR) is 116 cm³/mol. The zero-order valence-corrected chi connectivity index (χ0v) is 18.8. The Morgan fingerprint density at radius 2 is 1.80 bits per heavy atom. The molecule has 13 heteroatoms. The number of nitro groups is 1. The number of aliphatic hydroxyl groups is 4. The Labute approximate surface area is 197 Å². The van der Waals surface area contributed by atoms with Crippen molar-refractivity contribution in [3.63, 3.8) is 0 Å². The quantitative estimate of drug-likeness (QED) is 0.181. The van der Waals surface area contributed by atoms with E-state index in [0.717, 1.165) is 6.07 Å². The highest BCUT2D eigenvalue weighted by atomic mass is 16.6. The number of nitrogens with two attached hydrogens (primary N) is 1. The Kier molecular flexibility index (Phi) is 5.28. The summed E-state index contributed by atoms with van der Waals surface area (Å²) >= 11 is 0. The van der Waals surface area contributed by atoms with Gasteiger partial charge in [0.25, 0.3) is 5.91 Å². The van der Waals surface area contributed by atoms with Crippen molar-refractivity contribution in [3.8, 4) is 5.75 Å². The lowest BCUT2D eigenvalue weighted by Gasteiger charge is -2.53. The third-order valence-corrected chi connectivity index (χ3v) is 7.31. The number of phenols is 1. The molecular formula is C22H23N3O10. The summed E-state index contributed by atoms with van der Waals surface area (Å²) in [4.78, 5) is 50.4. The van der Waals surface area contributed by atoms with E-state index in [-0.39, 0.29) is 5.56 Å². The first-order valence-corrected chi connectivity index (χ1v) is 10.5. The summed E-state index contributed by atoms with van der Waals surface area (Å²) in [6.45, 7) is 1.53. The summed E-state index contributed by atoms with van der Waals surface area (Å²) < 4.78 is 0. The Balaban J connectivity index is 2.06. The number of benzene rings is 1. The number of hydrogen-bond donors (Lipinski definition) is 6. The van der Waals surface area contributed by atoms with Gasteiger partial charge in [0.05, 0.1) is 28.6 Å². The summed E-state index contributed by atoms with van der Waals surface area (Å²) in [5, 5.41) is 66.7. The highest BCUT2D eigenvalue weighted by Crippen LogP contribution is 2.56. The molecule has 13 nitrogen and oxygen atoms in total. The largest absolute Gasteiger partial charge is 0.510 e. The summed E-state index contributed by atoms with van der Waals surface area (Å²) in [5.74, 6) is -10.7. The minimum atomic E-state index is -3.04. The topological polar surface area (TPSA) is 225 Å². The summed E-state index contributed by atoms with van der Waals surface area (Å²) in [6.07, 6.45) is -1.73. The fraction of sp³-hybridized carbons (Fsp3) is 0.409. The Hall–Kier alpha value is -3.81. The van der Waals surface area contributed by atoms with E-state index < -0.39 is 97.6 Å². The number of ketones is 2. The molecular weight excluding hydrogens is 466 g/mol. The molecule has 4 unspecified atom stereocenters. The fourth-order valence-corrected chi connectivity index (χ4v) is 5.76. The van der Waals surface area contributed by atoms with E-state index in [0.29, 0.717) is 0 Å². The number of carbonyl (C=O) groups is 3. The molecule has 4 rings (SSSR count). The van der Waals surface area contributed by atoms with E-state index in [1.54, 1.807) is 0 Å². The second kappa shape index (κ2) is 7.60. The molecule has 3 aliphatic carbocycles. The number of nitrogens with zero attached hydrogens (tertiary/aromatic N) is 2. The third kappa shape index (κ3) is 2.89. The monoisotopic (exact) mass is 489 g/mol. The van der Waals surface area contributed by atoms with Crippen LogP contribution in [0, 0.1) is 22.0 Å². The lowest BCUT2D eigenvalue weighted by molar-refractivity contribution is -0.385. The van der Waals surface area contributed by atoms with Crippen LogP contribution in [-0.4, -0.2) is 84.7 Å². The lowest BCUT2D eigenvalue weighted by atomic mass is 9.55. The van der Waals surface area contributed by atoms with Crippen LogP contribution in [0.5, 0.6) is 5.75 Å². The molecule has 0 saturated carbocycles. The van der Waals surface area contributed by atoms with Crippen molar-refractivity contribution in [2.75, 3.05) is 14.1 Å². The molecule has 0 bridgehead atoms. The Morgan fingerprint density at radius 3 is 2.31 bits per heavy atom. The number of aromatic hydroxyl groups is 1. The molecule has 1 aromatic carbocycles. The normalized spacial score (nSPS) is 32.3. The van der Waals surface area contributed by atoms with Crippen molar-refractivity contribution >= 4 is 23.2 Å². The van der Waals surface area contributed by atoms with E-state index in [4.69, 9.17) is 5.73 Å². The molecule has 0 saturated heterocycles. The van der Waals surface area contributed by atoms with E-state index in [1.165, 1.54) is 32.0 Å². The van der Waals surface area contributed by atoms with E-state index in [1.807, 2.05) is 0 Å². The van der Waals surface area contributed by atoms with Gasteiger partial charge >= 0.3 is 5.69 Å². The van der Waals surface area contributed by atoms with Gasteiger partial charge < -0.3 is 31.3 Å². The molecule has 35 heavy (non-hydrogen) atoms. The van der Waals surface area contributed by atoms with E-state index >= 15 is 0 Å². The number of primary amides is 1. The van der Waals surface area contributed by atoms with Gasteiger partial charge in [-0.25, -0.2) is 0 Å². The molecule has 7 N–H and O–H groups in total. The molecule has 0 radical (unpaired) electrons. The molecule has 3 aliphatic rings. The minimum absolute atomic E-state index is 0.144. The highest BCUT2D eigenvalue weighted by Gasteiger charge is 2.67. The number of amides is 1. The van der Waals surface area contributed by atoms with Crippen molar-refractivity contribution in [2.24, 2.45) is 17.6 Å². The van der Waals surface area contributed by atoms with Crippen LogP contribution in [0.1, 0.15) is 28.8 Å². The van der Waals surface area contributed by atoms with Gasteiger partial charge in [-0.2, -0.15) is 0 Å². The molecule has 6 atom stereocenters. The molecule has 1 aromatic rings. The Morgan fingerprint density at radius 1 is 1.20 bits per heavy atom. The van der Waals surface area contributed by atoms with Crippen LogP contribution in [0.25, 0.3) is 0 Å². The van der Waals surface area contributed by atoms with Crippen LogP contribution in [-0.2, 0) is 9.59 Å². The van der Waals surface area contributed by atoms with Crippen LogP contribution in [0.3, 0.4) is 0 Å². The van der Waals surface area contributed by atoms with E-state index in [9.17, 15) is 50.0 Å². The number of nitro benzene ring substituents is 1. The number of Topliss-reactive ketones (excluding diaryl/α,β-unsaturated/α-hetero) is 2. The van der Waals surface area contributed by atoms with Crippen molar-refractivity contribution < 1.29 is 44.8 Å². The van der Waals surface area contributed by atoms with Gasteiger partial charge in [0, 0.05) is 17.6 Å². The van der Waals surface area contributed by atoms with E-state index in [2.05, 4.69) is 0 Å². The molecule has 0 spiro atoms. The maximum atomic E-state index is 13.5.